The Morgan fingerprint density at radius 1 is 1.67 bits per heavy atom. The smallest absolute Gasteiger partial charge is 0.108 e. The summed E-state index contributed by atoms with van der Waals surface area (Å²) in [7, 11) is 0. The molecule has 0 spiro atoms. The third-order valence-electron chi connectivity index (χ3n) is 2.54. The molecule has 0 saturated carbocycles. The number of hydrogen-bond donors (Lipinski definition) is 1. The Bertz CT molecular complexity index is 248. The summed E-state index contributed by atoms with van der Waals surface area (Å²) in [6.07, 6.45) is 5.35. The Hall–Kier alpha value is -0.760. The van der Waals surface area contributed by atoms with Gasteiger partial charge >= 0.3 is 0 Å². The van der Waals surface area contributed by atoms with Gasteiger partial charge in [-0.2, -0.15) is 0 Å². The molecule has 2 heteroatoms. The molecule has 1 aromatic heterocycles. The minimum atomic E-state index is 0.554. The monoisotopic (exact) mass is 165 g/mol. The van der Waals surface area contributed by atoms with Crippen molar-refractivity contribution in [2.45, 2.75) is 32.2 Å². The van der Waals surface area contributed by atoms with Crippen LogP contribution in [0.15, 0.2) is 16.7 Å². The van der Waals surface area contributed by atoms with E-state index in [1.165, 1.54) is 18.4 Å². The van der Waals surface area contributed by atoms with Crippen LogP contribution < -0.4 is 5.32 Å². The summed E-state index contributed by atoms with van der Waals surface area (Å²) in [5.41, 5.74) is 1.37. The van der Waals surface area contributed by atoms with Crippen LogP contribution in [0.5, 0.6) is 0 Å². The normalized spacial score (nSPS) is 23.2. The van der Waals surface area contributed by atoms with E-state index < -0.39 is 0 Å². The first-order chi connectivity index (χ1) is 5.92. The van der Waals surface area contributed by atoms with Crippen LogP contribution in [0.1, 0.15) is 37.1 Å². The highest BCUT2D eigenvalue weighted by atomic mass is 16.3. The molecule has 1 unspecified atom stereocenters. The highest BCUT2D eigenvalue weighted by Crippen LogP contribution is 2.26. The molecular formula is C10H15NO. The van der Waals surface area contributed by atoms with Gasteiger partial charge in [0.2, 0.25) is 0 Å². The van der Waals surface area contributed by atoms with E-state index in [9.17, 15) is 0 Å². The van der Waals surface area contributed by atoms with Crippen molar-refractivity contribution in [3.63, 3.8) is 0 Å². The molecule has 2 heterocycles. The molecule has 1 aromatic rings. The molecule has 2 nitrogen and oxygen atoms in total. The molecule has 2 rings (SSSR count). The zero-order valence-corrected chi connectivity index (χ0v) is 7.47. The third-order valence-corrected chi connectivity index (χ3v) is 2.54. The molecule has 1 aliphatic heterocycles. The van der Waals surface area contributed by atoms with E-state index in [2.05, 4.69) is 18.3 Å². The van der Waals surface area contributed by atoms with E-state index in [0.29, 0.717) is 6.04 Å². The molecule has 0 bridgehead atoms. The van der Waals surface area contributed by atoms with Crippen LogP contribution >= 0.6 is 0 Å². The second-order valence-corrected chi connectivity index (χ2v) is 3.30. The maximum atomic E-state index is 5.39. The van der Waals surface area contributed by atoms with Gasteiger partial charge in [-0.05, 0) is 25.5 Å². The van der Waals surface area contributed by atoms with Gasteiger partial charge in [-0.1, -0.05) is 6.92 Å². The van der Waals surface area contributed by atoms with Crippen LogP contribution in [-0.2, 0) is 6.42 Å². The van der Waals surface area contributed by atoms with Gasteiger partial charge in [-0.25, -0.2) is 0 Å². The summed E-state index contributed by atoms with van der Waals surface area (Å²) in [6.45, 7) is 3.29. The maximum absolute atomic E-state index is 5.39. The summed E-state index contributed by atoms with van der Waals surface area (Å²) >= 11 is 0. The minimum absolute atomic E-state index is 0.554. The summed E-state index contributed by atoms with van der Waals surface area (Å²) < 4.78 is 5.39. The Labute approximate surface area is 73.0 Å². The van der Waals surface area contributed by atoms with Gasteiger partial charge in [0.05, 0.1) is 6.26 Å². The van der Waals surface area contributed by atoms with Crippen molar-refractivity contribution in [3.05, 3.63) is 23.7 Å². The molecule has 0 amide bonds. The number of aryl methyl sites for hydroxylation is 1. The molecule has 66 valence electrons. The van der Waals surface area contributed by atoms with Crippen molar-refractivity contribution in [1.29, 1.82) is 0 Å². The van der Waals surface area contributed by atoms with Gasteiger partial charge in [0, 0.05) is 18.0 Å². The fourth-order valence-electron chi connectivity index (χ4n) is 1.90. The van der Waals surface area contributed by atoms with Gasteiger partial charge in [0.1, 0.15) is 5.76 Å². The molecule has 0 radical (unpaired) electrons. The molecule has 1 fully saturated rings. The second kappa shape index (κ2) is 3.31. The summed E-state index contributed by atoms with van der Waals surface area (Å²) in [5.74, 6) is 1.15. The Morgan fingerprint density at radius 2 is 2.58 bits per heavy atom. The number of furan rings is 1. The van der Waals surface area contributed by atoms with E-state index in [1.54, 1.807) is 6.26 Å². The molecule has 0 aliphatic carbocycles. The first-order valence-corrected chi connectivity index (χ1v) is 4.71. The highest BCUT2D eigenvalue weighted by Gasteiger charge is 2.19. The van der Waals surface area contributed by atoms with Gasteiger partial charge in [0.15, 0.2) is 0 Å². The molecule has 12 heavy (non-hydrogen) atoms. The average Bonchev–Trinajstić information content (AvgIpc) is 2.74. The molecule has 1 aliphatic rings. The Morgan fingerprint density at radius 3 is 3.25 bits per heavy atom. The first kappa shape index (κ1) is 7.87. The highest BCUT2D eigenvalue weighted by molar-refractivity contribution is 5.22. The number of hydrogen-bond acceptors (Lipinski definition) is 2. The predicted octanol–water partition coefficient (Wildman–Crippen LogP) is 2.27. The maximum Gasteiger partial charge on any atom is 0.108 e. The molecule has 0 aromatic carbocycles. The predicted molar refractivity (Wildman–Crippen MR) is 48.1 cm³/mol. The SMILES string of the molecule is CCc1occc1C1CCCN1. The van der Waals surface area contributed by atoms with Crippen molar-refractivity contribution in [2.75, 3.05) is 6.54 Å². The minimum Gasteiger partial charge on any atom is -0.469 e. The van der Waals surface area contributed by atoms with Gasteiger partial charge < -0.3 is 9.73 Å². The standard InChI is InChI=1S/C10H15NO/c1-2-10-8(5-7-12-10)9-4-3-6-11-9/h5,7,9,11H,2-4,6H2,1H3. The van der Waals surface area contributed by atoms with Crippen molar-refractivity contribution in [3.8, 4) is 0 Å². The summed E-state index contributed by atoms with van der Waals surface area (Å²) in [5, 5.41) is 3.47. The van der Waals surface area contributed by atoms with E-state index in [4.69, 9.17) is 4.42 Å². The van der Waals surface area contributed by atoms with E-state index >= 15 is 0 Å². The van der Waals surface area contributed by atoms with Crippen LogP contribution in [0.3, 0.4) is 0 Å². The lowest BCUT2D eigenvalue weighted by Crippen LogP contribution is -2.13. The van der Waals surface area contributed by atoms with Gasteiger partial charge in [0.25, 0.3) is 0 Å². The van der Waals surface area contributed by atoms with Crippen LogP contribution in [0.2, 0.25) is 0 Å². The van der Waals surface area contributed by atoms with Crippen molar-refractivity contribution in [1.82, 2.24) is 5.32 Å². The van der Waals surface area contributed by atoms with E-state index in [-0.39, 0.29) is 0 Å². The Kier molecular flexibility index (Phi) is 2.17. The van der Waals surface area contributed by atoms with E-state index in [0.717, 1.165) is 18.7 Å². The molecular weight excluding hydrogens is 150 g/mol. The quantitative estimate of drug-likeness (QED) is 0.727. The lowest BCUT2D eigenvalue weighted by molar-refractivity contribution is 0.501. The van der Waals surface area contributed by atoms with Crippen LogP contribution in [-0.4, -0.2) is 6.54 Å². The summed E-state index contributed by atoms with van der Waals surface area (Å²) in [6, 6.07) is 2.65. The topological polar surface area (TPSA) is 25.2 Å². The fraction of sp³-hybridized carbons (Fsp3) is 0.600. The second-order valence-electron chi connectivity index (χ2n) is 3.30. The number of rotatable bonds is 2. The molecule has 1 atom stereocenters. The van der Waals surface area contributed by atoms with Crippen LogP contribution in [0.25, 0.3) is 0 Å². The van der Waals surface area contributed by atoms with Gasteiger partial charge in [-0.15, -0.1) is 0 Å². The number of nitrogens with one attached hydrogen (secondary N) is 1. The first-order valence-electron chi connectivity index (χ1n) is 4.71. The molecule has 1 saturated heterocycles. The fourth-order valence-corrected chi connectivity index (χ4v) is 1.90. The molecule has 1 N–H and O–H groups in total. The average molecular weight is 165 g/mol. The van der Waals surface area contributed by atoms with Crippen molar-refractivity contribution < 1.29 is 4.42 Å². The third kappa shape index (κ3) is 1.27. The zero-order valence-electron chi connectivity index (χ0n) is 7.47. The van der Waals surface area contributed by atoms with Crippen molar-refractivity contribution in [2.24, 2.45) is 0 Å². The summed E-state index contributed by atoms with van der Waals surface area (Å²) in [4.78, 5) is 0. The van der Waals surface area contributed by atoms with Crippen LogP contribution in [0.4, 0.5) is 0 Å². The van der Waals surface area contributed by atoms with Crippen LogP contribution in [0, 0.1) is 0 Å². The largest absolute Gasteiger partial charge is 0.469 e. The lowest BCUT2D eigenvalue weighted by Gasteiger charge is -2.08. The van der Waals surface area contributed by atoms with E-state index in [1.807, 2.05) is 0 Å². The lowest BCUT2D eigenvalue weighted by atomic mass is 10.1. The zero-order chi connectivity index (χ0) is 8.39. The van der Waals surface area contributed by atoms with Crippen molar-refractivity contribution >= 4 is 0 Å². The van der Waals surface area contributed by atoms with Gasteiger partial charge in [-0.3, -0.25) is 0 Å². The Balaban J connectivity index is 2.19.